The van der Waals surface area contributed by atoms with E-state index < -0.39 is 30.1 Å². The molecule has 0 aliphatic heterocycles. The average molecular weight is 329 g/mol. The first-order chi connectivity index (χ1) is 10.6. The van der Waals surface area contributed by atoms with Crippen LogP contribution in [-0.2, 0) is 14.4 Å². The maximum atomic E-state index is 10.6. The monoisotopic (exact) mass is 329 g/mol. The van der Waals surface area contributed by atoms with E-state index in [-0.39, 0.29) is 11.5 Å². The molecule has 0 radical (unpaired) electrons. The maximum Gasteiger partial charge on any atom is 0.335 e. The molecular weight excluding hydrogens is 314 g/mol. The van der Waals surface area contributed by atoms with Crippen molar-refractivity contribution >= 4 is 29.5 Å². The molecule has 0 saturated carbocycles. The highest BCUT2D eigenvalue weighted by Crippen LogP contribution is 2.08. The number of carbonyl (C=O) groups excluding carboxylic acids is 1. The Morgan fingerprint density at radius 3 is 1.52 bits per heavy atom. The first-order valence-corrected chi connectivity index (χ1v) is 5.99. The molecule has 0 saturated heterocycles. The van der Waals surface area contributed by atoms with Crippen LogP contribution in [-0.4, -0.2) is 61.6 Å². The van der Waals surface area contributed by atoms with Gasteiger partial charge in [-0.15, -0.1) is 0 Å². The van der Waals surface area contributed by atoms with E-state index in [0.717, 1.165) is 0 Å². The summed E-state index contributed by atoms with van der Waals surface area (Å²) in [6, 6.07) is 5.97. The van der Waals surface area contributed by atoms with E-state index in [4.69, 9.17) is 25.5 Å². The minimum absolute atomic E-state index is 0.178. The number of aliphatic hydroxyl groups excluding tert-OH is 2. The second-order valence-corrected chi connectivity index (χ2v) is 4.13. The second kappa shape index (κ2) is 9.12. The number of aliphatic carboxylic acids is 2. The lowest BCUT2D eigenvalue weighted by molar-refractivity contribution is -0.165. The first-order valence-electron chi connectivity index (χ1n) is 5.99. The molecule has 1 rings (SSSR count). The van der Waals surface area contributed by atoms with Crippen LogP contribution in [0.25, 0.3) is 0 Å². The first kappa shape index (κ1) is 20.0. The molecule has 10 nitrogen and oxygen atoms in total. The summed E-state index contributed by atoms with van der Waals surface area (Å²) >= 11 is 0. The fourth-order valence-corrected chi connectivity index (χ4v) is 1.17. The van der Waals surface area contributed by atoms with Crippen molar-refractivity contribution in [3.8, 4) is 0 Å². The molecule has 0 heterocycles. The summed E-state index contributed by atoms with van der Waals surface area (Å²) < 4.78 is 0. The number of carbonyl (C=O) groups is 4. The van der Waals surface area contributed by atoms with Gasteiger partial charge in [0.25, 0.3) is 0 Å². The van der Waals surface area contributed by atoms with Gasteiger partial charge in [-0.1, -0.05) is 0 Å². The van der Waals surface area contributed by atoms with E-state index in [1.807, 2.05) is 0 Å². The molecule has 1 aromatic carbocycles. The number of benzene rings is 1. The van der Waals surface area contributed by atoms with Gasteiger partial charge in [-0.3, -0.25) is 4.79 Å². The number of carboxylic acid groups (broad SMARTS) is 3. The summed E-state index contributed by atoms with van der Waals surface area (Å²) in [5.74, 6) is -4.69. The van der Waals surface area contributed by atoms with Crippen LogP contribution in [0.15, 0.2) is 24.3 Å². The maximum absolute atomic E-state index is 10.6. The molecule has 2 atom stereocenters. The number of aromatic carboxylic acids is 1. The Balaban J connectivity index is 0.000000438. The van der Waals surface area contributed by atoms with Gasteiger partial charge in [0.15, 0.2) is 12.2 Å². The van der Waals surface area contributed by atoms with Crippen LogP contribution >= 0.6 is 0 Å². The Morgan fingerprint density at radius 2 is 1.26 bits per heavy atom. The highest BCUT2D eigenvalue weighted by molar-refractivity contribution is 5.91. The summed E-state index contributed by atoms with van der Waals surface area (Å²) in [5, 5.41) is 43.6. The lowest BCUT2D eigenvalue weighted by Gasteiger charge is -2.07. The predicted octanol–water partition coefficient (Wildman–Crippen LogP) is -0.779. The zero-order chi connectivity index (χ0) is 18.2. The molecule has 0 aliphatic carbocycles. The number of nitrogens with one attached hydrogen (secondary N) is 1. The summed E-state index contributed by atoms with van der Waals surface area (Å²) in [6.07, 6.45) is -4.53. The molecular formula is C13H15NO9. The van der Waals surface area contributed by atoms with E-state index in [0.29, 0.717) is 5.69 Å². The van der Waals surface area contributed by atoms with Crippen molar-refractivity contribution in [1.29, 1.82) is 0 Å². The van der Waals surface area contributed by atoms with Crippen molar-refractivity contribution < 1.29 is 44.7 Å². The lowest BCUT2D eigenvalue weighted by atomic mass is 10.2. The van der Waals surface area contributed by atoms with E-state index >= 15 is 0 Å². The predicted molar refractivity (Wildman–Crippen MR) is 75.0 cm³/mol. The Labute approximate surface area is 129 Å². The molecule has 2 unspecified atom stereocenters. The quantitative estimate of drug-likeness (QED) is 0.403. The van der Waals surface area contributed by atoms with Crippen LogP contribution in [0.5, 0.6) is 0 Å². The third kappa shape index (κ3) is 7.55. The molecule has 0 aromatic heterocycles. The highest BCUT2D eigenvalue weighted by Gasteiger charge is 2.29. The number of carboxylic acids is 3. The fraction of sp³-hybridized carbons (Fsp3) is 0.231. The number of hydrogen-bond acceptors (Lipinski definition) is 6. The summed E-state index contributed by atoms with van der Waals surface area (Å²) in [6.45, 7) is 1.39. The van der Waals surface area contributed by atoms with E-state index in [1.165, 1.54) is 19.1 Å². The van der Waals surface area contributed by atoms with Gasteiger partial charge in [0.05, 0.1) is 5.56 Å². The topological polar surface area (TPSA) is 181 Å². The third-order valence-electron chi connectivity index (χ3n) is 2.26. The van der Waals surface area contributed by atoms with Gasteiger partial charge in [0, 0.05) is 12.6 Å². The van der Waals surface area contributed by atoms with E-state index in [1.54, 1.807) is 12.1 Å². The molecule has 23 heavy (non-hydrogen) atoms. The van der Waals surface area contributed by atoms with Gasteiger partial charge in [-0.2, -0.15) is 0 Å². The minimum Gasteiger partial charge on any atom is -0.479 e. The summed E-state index contributed by atoms with van der Waals surface area (Å²) in [5.41, 5.74) is 0.798. The SMILES string of the molecule is CC(=O)Nc1ccc(C(=O)O)cc1.O=C(O)C(O)C(O)C(=O)O. The van der Waals surface area contributed by atoms with Crippen molar-refractivity contribution in [2.75, 3.05) is 5.32 Å². The standard InChI is InChI=1S/C9H9NO3.C4H6O6/c1-6(11)10-8-4-2-7(3-5-8)9(12)13;5-1(3(7)8)2(6)4(9)10/h2-5H,1H3,(H,10,11)(H,12,13);1-2,5-6H,(H,7,8)(H,9,10). The number of anilines is 1. The Kier molecular flexibility index (Phi) is 7.94. The zero-order valence-electron chi connectivity index (χ0n) is 11.8. The van der Waals surface area contributed by atoms with Crippen molar-refractivity contribution in [2.24, 2.45) is 0 Å². The van der Waals surface area contributed by atoms with E-state index in [9.17, 15) is 19.2 Å². The fourth-order valence-electron chi connectivity index (χ4n) is 1.17. The molecule has 0 fully saturated rings. The third-order valence-corrected chi connectivity index (χ3v) is 2.26. The van der Waals surface area contributed by atoms with Gasteiger partial charge in [0.1, 0.15) is 0 Å². The largest absolute Gasteiger partial charge is 0.479 e. The van der Waals surface area contributed by atoms with Gasteiger partial charge in [-0.05, 0) is 24.3 Å². The smallest absolute Gasteiger partial charge is 0.335 e. The minimum atomic E-state index is -2.27. The van der Waals surface area contributed by atoms with Gasteiger partial charge >= 0.3 is 17.9 Å². The van der Waals surface area contributed by atoms with Crippen LogP contribution in [0.4, 0.5) is 5.69 Å². The second-order valence-electron chi connectivity index (χ2n) is 4.13. The Hall–Kier alpha value is -2.98. The summed E-state index contributed by atoms with van der Waals surface area (Å²) in [7, 11) is 0. The number of aliphatic hydroxyl groups is 2. The Bertz CT molecular complexity index is 564. The van der Waals surface area contributed by atoms with Crippen molar-refractivity contribution in [3.63, 3.8) is 0 Å². The van der Waals surface area contributed by atoms with Gasteiger partial charge < -0.3 is 30.8 Å². The molecule has 1 aromatic rings. The zero-order valence-corrected chi connectivity index (χ0v) is 11.8. The number of hydrogen-bond donors (Lipinski definition) is 6. The van der Waals surface area contributed by atoms with Crippen LogP contribution in [0.3, 0.4) is 0 Å². The Morgan fingerprint density at radius 1 is 0.870 bits per heavy atom. The summed E-state index contributed by atoms with van der Waals surface area (Å²) in [4.78, 5) is 40.6. The molecule has 0 aliphatic rings. The number of rotatable bonds is 5. The molecule has 6 N–H and O–H groups in total. The van der Waals surface area contributed by atoms with Crippen LogP contribution in [0.2, 0.25) is 0 Å². The van der Waals surface area contributed by atoms with Gasteiger partial charge in [-0.25, -0.2) is 14.4 Å². The van der Waals surface area contributed by atoms with Crippen molar-refractivity contribution in [1.82, 2.24) is 0 Å². The molecule has 126 valence electrons. The highest BCUT2D eigenvalue weighted by atomic mass is 16.4. The van der Waals surface area contributed by atoms with Crippen LogP contribution in [0, 0.1) is 0 Å². The normalized spacial score (nSPS) is 12.1. The van der Waals surface area contributed by atoms with Crippen LogP contribution < -0.4 is 5.32 Å². The molecule has 0 spiro atoms. The van der Waals surface area contributed by atoms with Crippen molar-refractivity contribution in [3.05, 3.63) is 29.8 Å². The molecule has 0 bridgehead atoms. The molecule has 1 amide bonds. The average Bonchev–Trinajstić information content (AvgIpc) is 2.46. The molecule has 10 heteroatoms. The van der Waals surface area contributed by atoms with E-state index in [2.05, 4.69) is 5.32 Å². The van der Waals surface area contributed by atoms with Crippen molar-refractivity contribution in [2.45, 2.75) is 19.1 Å². The number of amides is 1. The van der Waals surface area contributed by atoms with Crippen LogP contribution in [0.1, 0.15) is 17.3 Å². The lowest BCUT2D eigenvalue weighted by Crippen LogP contribution is -2.39. The van der Waals surface area contributed by atoms with Gasteiger partial charge in [0.2, 0.25) is 5.91 Å².